The molecule has 0 fully saturated rings. The molecule has 3 rings (SSSR count). The second-order valence-corrected chi connectivity index (χ2v) is 5.38. The van der Waals surface area contributed by atoms with E-state index in [1.54, 1.807) is 23.8 Å². The number of fused-ring (bicyclic) bond motifs is 1. The number of hydrogen-bond donors (Lipinski definition) is 4. The maximum absolute atomic E-state index is 12.0. The lowest BCUT2D eigenvalue weighted by Crippen LogP contribution is -2.28. The van der Waals surface area contributed by atoms with E-state index in [4.69, 9.17) is 5.11 Å². The molecule has 7 nitrogen and oxygen atoms in total. The number of H-pyrrole nitrogens is 1. The van der Waals surface area contributed by atoms with Gasteiger partial charge in [-0.2, -0.15) is 0 Å². The molecule has 22 heavy (non-hydrogen) atoms. The molecule has 0 unspecified atom stereocenters. The smallest absolute Gasteiger partial charge is 0.322 e. The number of carboxylic acid groups (broad SMARTS) is 1. The van der Waals surface area contributed by atoms with E-state index < -0.39 is 18.4 Å². The minimum atomic E-state index is -1.08. The fraction of sp³-hybridized carbons (Fsp3) is 0.0714. The Morgan fingerprint density at radius 1 is 1.27 bits per heavy atom. The summed E-state index contributed by atoms with van der Waals surface area (Å²) in [5.74, 6) is -1.50. The number of rotatable bonds is 5. The van der Waals surface area contributed by atoms with Gasteiger partial charge in [0.25, 0.3) is 5.91 Å². The average molecular weight is 316 g/mol. The highest BCUT2D eigenvalue weighted by Crippen LogP contribution is 2.29. The van der Waals surface area contributed by atoms with Gasteiger partial charge in [0.05, 0.1) is 11.4 Å². The van der Waals surface area contributed by atoms with Crippen LogP contribution in [0.25, 0.3) is 11.0 Å². The molecule has 112 valence electrons. The molecule has 0 saturated carbocycles. The largest absolute Gasteiger partial charge is 0.480 e. The van der Waals surface area contributed by atoms with E-state index in [0.717, 1.165) is 16.7 Å². The fourth-order valence-electron chi connectivity index (χ4n) is 2.03. The van der Waals surface area contributed by atoms with E-state index in [1.165, 1.54) is 11.3 Å². The predicted molar refractivity (Wildman–Crippen MR) is 83.7 cm³/mol. The van der Waals surface area contributed by atoms with Gasteiger partial charge in [0.2, 0.25) is 0 Å². The molecule has 0 spiro atoms. The summed E-state index contributed by atoms with van der Waals surface area (Å²) in [5, 5.41) is 16.8. The van der Waals surface area contributed by atoms with E-state index in [2.05, 4.69) is 20.6 Å². The lowest BCUT2D eigenvalue weighted by Gasteiger charge is -2.08. The van der Waals surface area contributed by atoms with E-state index in [0.29, 0.717) is 10.6 Å². The third kappa shape index (κ3) is 2.77. The Hall–Kier alpha value is -2.87. The topological polar surface area (TPSA) is 107 Å². The zero-order chi connectivity index (χ0) is 15.5. The molecule has 0 bridgehead atoms. The van der Waals surface area contributed by atoms with Crippen LogP contribution in [0, 0.1) is 0 Å². The number of thiophene rings is 1. The van der Waals surface area contributed by atoms with Crippen LogP contribution in [0.5, 0.6) is 0 Å². The maximum atomic E-state index is 12.0. The predicted octanol–water partition coefficient (Wildman–Crippen LogP) is 2.18. The van der Waals surface area contributed by atoms with Crippen molar-refractivity contribution in [2.45, 2.75) is 0 Å². The normalized spacial score (nSPS) is 10.5. The van der Waals surface area contributed by atoms with Crippen LogP contribution in [0.15, 0.2) is 36.0 Å². The monoisotopic (exact) mass is 316 g/mol. The molecular formula is C14H12N4O3S. The fourth-order valence-corrected chi connectivity index (χ4v) is 2.80. The van der Waals surface area contributed by atoms with Crippen molar-refractivity contribution in [3.63, 3.8) is 0 Å². The SMILES string of the molecule is O=C(O)CNC(=O)c1sccc1Nc1ccnc2[nH]ccc12. The minimum absolute atomic E-state index is 0.409. The van der Waals surface area contributed by atoms with Crippen LogP contribution in [0.2, 0.25) is 0 Å². The molecule has 0 atom stereocenters. The van der Waals surface area contributed by atoms with E-state index in [1.807, 2.05) is 12.1 Å². The zero-order valence-electron chi connectivity index (χ0n) is 11.3. The second kappa shape index (κ2) is 5.86. The summed E-state index contributed by atoms with van der Waals surface area (Å²) in [6, 6.07) is 5.48. The van der Waals surface area contributed by atoms with E-state index in [-0.39, 0.29) is 0 Å². The molecule has 3 aromatic heterocycles. The second-order valence-electron chi connectivity index (χ2n) is 4.46. The number of pyridine rings is 1. The third-order valence-corrected chi connectivity index (χ3v) is 3.91. The maximum Gasteiger partial charge on any atom is 0.322 e. The molecule has 3 heterocycles. The molecule has 4 N–H and O–H groups in total. The first kappa shape index (κ1) is 14.1. The van der Waals surface area contributed by atoms with Crippen molar-refractivity contribution < 1.29 is 14.7 Å². The molecule has 0 saturated heterocycles. The van der Waals surface area contributed by atoms with Gasteiger partial charge in [0.15, 0.2) is 0 Å². The highest BCUT2D eigenvalue weighted by molar-refractivity contribution is 7.12. The first-order valence-electron chi connectivity index (χ1n) is 6.42. The Kier molecular flexibility index (Phi) is 3.75. The van der Waals surface area contributed by atoms with Crippen molar-refractivity contribution in [1.82, 2.24) is 15.3 Å². The number of aliphatic carboxylic acids is 1. The molecule has 1 amide bonds. The first-order valence-corrected chi connectivity index (χ1v) is 7.29. The number of carbonyl (C=O) groups is 2. The van der Waals surface area contributed by atoms with Gasteiger partial charge in [-0.15, -0.1) is 11.3 Å². The summed E-state index contributed by atoms with van der Waals surface area (Å²) in [6.07, 6.45) is 3.45. The van der Waals surface area contributed by atoms with Gasteiger partial charge in [-0.05, 0) is 23.6 Å². The number of aromatic nitrogens is 2. The van der Waals surface area contributed by atoms with Gasteiger partial charge in [-0.1, -0.05) is 0 Å². The average Bonchev–Trinajstić information content (AvgIpc) is 3.14. The Labute approximate surface area is 129 Å². The van der Waals surface area contributed by atoms with Crippen molar-refractivity contribution in [1.29, 1.82) is 0 Å². The van der Waals surface area contributed by atoms with Crippen molar-refractivity contribution in [2.75, 3.05) is 11.9 Å². The zero-order valence-corrected chi connectivity index (χ0v) is 12.1. The standard InChI is InChI=1S/C14H12N4O3S/c19-11(20)7-17-14(21)12-10(3-6-22-12)18-9-2-5-16-13-8(9)1-4-15-13/h1-6H,7H2,(H,17,21)(H,19,20)(H2,15,16,18). The number of aromatic amines is 1. The summed E-state index contributed by atoms with van der Waals surface area (Å²) in [7, 11) is 0. The summed E-state index contributed by atoms with van der Waals surface area (Å²) in [6.45, 7) is -0.409. The van der Waals surface area contributed by atoms with Crippen molar-refractivity contribution in [3.8, 4) is 0 Å². The van der Waals surface area contributed by atoms with E-state index in [9.17, 15) is 9.59 Å². The number of carboxylic acids is 1. The van der Waals surface area contributed by atoms with Crippen LogP contribution in [0.4, 0.5) is 11.4 Å². The van der Waals surface area contributed by atoms with E-state index >= 15 is 0 Å². The summed E-state index contributed by atoms with van der Waals surface area (Å²) >= 11 is 1.25. The van der Waals surface area contributed by atoms with Crippen molar-refractivity contribution in [3.05, 3.63) is 40.8 Å². The van der Waals surface area contributed by atoms with Crippen LogP contribution >= 0.6 is 11.3 Å². The first-order chi connectivity index (χ1) is 10.6. The van der Waals surface area contributed by atoms with Gasteiger partial charge in [-0.25, -0.2) is 4.98 Å². The number of carbonyl (C=O) groups excluding carboxylic acids is 1. The van der Waals surface area contributed by atoms with Crippen LogP contribution in [-0.4, -0.2) is 33.5 Å². The highest BCUT2D eigenvalue weighted by Gasteiger charge is 2.15. The summed E-state index contributed by atoms with van der Waals surface area (Å²) in [4.78, 5) is 30.2. The van der Waals surface area contributed by atoms with Gasteiger partial charge in [-0.3, -0.25) is 9.59 Å². The van der Waals surface area contributed by atoms with Gasteiger partial charge in [0.1, 0.15) is 17.1 Å². The van der Waals surface area contributed by atoms with Crippen LogP contribution < -0.4 is 10.6 Å². The Balaban J connectivity index is 1.85. The molecule has 0 radical (unpaired) electrons. The van der Waals surface area contributed by atoms with Gasteiger partial charge in [0, 0.05) is 17.8 Å². The Morgan fingerprint density at radius 3 is 2.95 bits per heavy atom. The number of anilines is 2. The highest BCUT2D eigenvalue weighted by atomic mass is 32.1. The number of hydrogen-bond acceptors (Lipinski definition) is 5. The third-order valence-electron chi connectivity index (χ3n) is 3.00. The molecule has 0 aliphatic heterocycles. The Bertz CT molecular complexity index is 839. The number of amides is 1. The lowest BCUT2D eigenvalue weighted by atomic mass is 10.2. The molecule has 3 aromatic rings. The van der Waals surface area contributed by atoms with Gasteiger partial charge < -0.3 is 20.7 Å². The molecule has 0 aliphatic carbocycles. The van der Waals surface area contributed by atoms with Gasteiger partial charge >= 0.3 is 5.97 Å². The summed E-state index contributed by atoms with van der Waals surface area (Å²) < 4.78 is 0. The van der Waals surface area contributed by atoms with Crippen molar-refractivity contribution >= 4 is 45.6 Å². The van der Waals surface area contributed by atoms with Crippen molar-refractivity contribution in [2.24, 2.45) is 0 Å². The lowest BCUT2D eigenvalue weighted by molar-refractivity contribution is -0.135. The minimum Gasteiger partial charge on any atom is -0.480 e. The summed E-state index contributed by atoms with van der Waals surface area (Å²) in [5.41, 5.74) is 2.19. The van der Waals surface area contributed by atoms with Crippen LogP contribution in [0.1, 0.15) is 9.67 Å². The van der Waals surface area contributed by atoms with Crippen LogP contribution in [-0.2, 0) is 4.79 Å². The Morgan fingerprint density at radius 2 is 2.14 bits per heavy atom. The number of nitrogens with zero attached hydrogens (tertiary/aromatic N) is 1. The molecule has 0 aromatic carbocycles. The molecule has 8 heteroatoms. The van der Waals surface area contributed by atoms with Crippen LogP contribution in [0.3, 0.4) is 0 Å². The molecular weight excluding hydrogens is 304 g/mol. The number of nitrogens with one attached hydrogen (secondary N) is 3. The quantitative estimate of drug-likeness (QED) is 0.577. The molecule has 0 aliphatic rings.